The molecule has 1 rings (SSSR count). The minimum absolute atomic E-state index is 0.0503. The lowest BCUT2D eigenvalue weighted by Gasteiger charge is -2.30. The van der Waals surface area contributed by atoms with Crippen molar-refractivity contribution in [2.24, 2.45) is 28.9 Å². The van der Waals surface area contributed by atoms with Gasteiger partial charge in [0.2, 0.25) is 47.3 Å². The van der Waals surface area contributed by atoms with E-state index in [0.717, 1.165) is 0 Å². The molecule has 0 fully saturated rings. The monoisotopic (exact) mass is 995 g/mol. The smallest absolute Gasteiger partial charge is 0.327 e. The van der Waals surface area contributed by atoms with Crippen LogP contribution in [0.2, 0.25) is 0 Å². The number of thiol groups is 1. The number of nitrogens with two attached hydrogens (primary N) is 4. The first-order chi connectivity index (χ1) is 32.6. The van der Waals surface area contributed by atoms with E-state index in [4.69, 9.17) is 22.9 Å². The third-order valence-corrected chi connectivity index (χ3v) is 11.3. The summed E-state index contributed by atoms with van der Waals surface area (Å²) in [6.45, 7) is 8.18. The molecule has 0 unspecified atom stereocenters. The molecule has 1 aromatic rings. The number of hydrogen-bond donors (Lipinski definition) is 15. The molecule has 10 atom stereocenters. The molecular formula is C45H78N12O11S. The number of aliphatic hydroxyl groups excluding tert-OH is 1. The van der Waals surface area contributed by atoms with Crippen LogP contribution in [0.1, 0.15) is 98.0 Å². The van der Waals surface area contributed by atoms with Gasteiger partial charge in [-0.2, -0.15) is 12.6 Å². The van der Waals surface area contributed by atoms with Gasteiger partial charge >= 0.3 is 5.97 Å². The van der Waals surface area contributed by atoms with Crippen molar-refractivity contribution in [2.45, 2.75) is 159 Å². The summed E-state index contributed by atoms with van der Waals surface area (Å²) < 4.78 is 0. The maximum absolute atomic E-state index is 14.2. The highest BCUT2D eigenvalue weighted by Gasteiger charge is 2.36. The Morgan fingerprint density at radius 3 is 1.32 bits per heavy atom. The fourth-order valence-corrected chi connectivity index (χ4v) is 7.00. The van der Waals surface area contributed by atoms with E-state index in [9.17, 15) is 53.4 Å². The lowest BCUT2D eigenvalue weighted by molar-refractivity contribution is -0.141. The molecule has 23 nitrogen and oxygen atoms in total. The molecule has 18 N–H and O–H groups in total. The Morgan fingerprint density at radius 2 is 0.899 bits per heavy atom. The standard InChI is InChI=1S/C45H78N12O11S/c1-25(2)35(56-44(66)36(28(5)58)57-41(63)32(19-11-14-22-48)51-38(60)27(4)50-37(59)26(3)49)43(65)53-31(18-10-13-21-47)39(61)54-33(23-29-15-7-6-8-16-29)42(64)52-30(17-9-12-20-46)40(62)55-34(24-69)45(67)68/h6-8,15-16,25-28,30-36,58,69H,9-14,17-24,46-49H2,1-5H3,(H,50,59)(H,51,60)(H,52,64)(H,53,65)(H,54,61)(H,55,62)(H,56,66)(H,57,63)(H,67,68)/t26-,27-,28+,30-,31-,32-,33-,34-,35-,36-/m0/s1. The average Bonchev–Trinajstić information content (AvgIpc) is 3.29. The molecule has 0 radical (unpaired) electrons. The Labute approximate surface area is 410 Å². The Hall–Kier alpha value is -5.40. The van der Waals surface area contributed by atoms with E-state index >= 15 is 0 Å². The number of aliphatic carboxylic acids is 1. The second-order valence-corrected chi connectivity index (χ2v) is 17.7. The van der Waals surface area contributed by atoms with Crippen LogP contribution in [0.15, 0.2) is 30.3 Å². The van der Waals surface area contributed by atoms with E-state index in [1.54, 1.807) is 44.2 Å². The van der Waals surface area contributed by atoms with Crippen molar-refractivity contribution < 1.29 is 53.4 Å². The van der Waals surface area contributed by atoms with Crippen LogP contribution in [-0.2, 0) is 49.6 Å². The largest absolute Gasteiger partial charge is 0.480 e. The molecule has 0 saturated carbocycles. The minimum atomic E-state index is -1.63. The molecule has 69 heavy (non-hydrogen) atoms. The summed E-state index contributed by atoms with van der Waals surface area (Å²) in [7, 11) is 0. The molecule has 390 valence electrons. The number of carbonyl (C=O) groups is 9. The second-order valence-electron chi connectivity index (χ2n) is 17.3. The summed E-state index contributed by atoms with van der Waals surface area (Å²) in [6, 6.07) is -2.64. The van der Waals surface area contributed by atoms with Crippen LogP contribution in [0, 0.1) is 5.92 Å². The highest BCUT2D eigenvalue weighted by Crippen LogP contribution is 2.12. The van der Waals surface area contributed by atoms with Crippen LogP contribution < -0.4 is 65.5 Å². The fraction of sp³-hybridized carbons (Fsp3) is 0.667. The predicted molar refractivity (Wildman–Crippen MR) is 262 cm³/mol. The average molecular weight is 995 g/mol. The molecule has 0 bridgehead atoms. The number of carboxylic acids is 1. The van der Waals surface area contributed by atoms with Gasteiger partial charge in [-0.15, -0.1) is 0 Å². The minimum Gasteiger partial charge on any atom is -0.480 e. The van der Waals surface area contributed by atoms with Gasteiger partial charge in [0.05, 0.1) is 12.1 Å². The molecule has 0 aliphatic heterocycles. The number of rotatable bonds is 34. The molecule has 0 saturated heterocycles. The van der Waals surface area contributed by atoms with Gasteiger partial charge in [-0.25, -0.2) is 4.79 Å². The van der Waals surface area contributed by atoms with Gasteiger partial charge in [-0.1, -0.05) is 44.2 Å². The lowest BCUT2D eigenvalue weighted by Crippen LogP contribution is -2.62. The number of amides is 8. The highest BCUT2D eigenvalue weighted by molar-refractivity contribution is 7.80. The summed E-state index contributed by atoms with van der Waals surface area (Å²) in [5.74, 6) is -8.41. The fourth-order valence-electron chi connectivity index (χ4n) is 6.75. The van der Waals surface area contributed by atoms with Gasteiger partial charge in [-0.3, -0.25) is 38.4 Å². The molecule has 0 aliphatic rings. The zero-order valence-corrected chi connectivity index (χ0v) is 41.4. The van der Waals surface area contributed by atoms with Crippen molar-refractivity contribution in [1.29, 1.82) is 0 Å². The molecule has 0 heterocycles. The molecule has 8 amide bonds. The maximum Gasteiger partial charge on any atom is 0.327 e. The van der Waals surface area contributed by atoms with Crippen LogP contribution in [0.5, 0.6) is 0 Å². The lowest BCUT2D eigenvalue weighted by atomic mass is 10.00. The Bertz CT molecular complexity index is 1810. The van der Waals surface area contributed by atoms with Crippen LogP contribution in [-0.4, -0.2) is 149 Å². The summed E-state index contributed by atoms with van der Waals surface area (Å²) in [4.78, 5) is 120. The van der Waals surface area contributed by atoms with E-state index in [1.807, 2.05) is 0 Å². The van der Waals surface area contributed by atoms with Crippen LogP contribution >= 0.6 is 12.6 Å². The SMILES string of the molecule is CC(C)[C@H](NC(=O)[C@@H](NC(=O)[C@H](CCCCN)NC(=O)[C@H](C)NC(=O)[C@H](C)N)[C@@H](C)O)C(=O)N[C@@H](CCCCN)C(=O)N[C@@H](Cc1ccccc1)C(=O)N[C@@H](CCCCN)C(=O)N[C@@H](CS)C(=O)O. The second kappa shape index (κ2) is 33.2. The summed E-state index contributed by atoms with van der Waals surface area (Å²) >= 11 is 4.01. The van der Waals surface area contributed by atoms with Crippen molar-refractivity contribution in [2.75, 3.05) is 25.4 Å². The van der Waals surface area contributed by atoms with Crippen LogP contribution in [0.4, 0.5) is 0 Å². The quantitative estimate of drug-likeness (QED) is 0.0240. The number of carbonyl (C=O) groups excluding carboxylic acids is 8. The third kappa shape index (κ3) is 23.2. The van der Waals surface area contributed by atoms with Crippen molar-refractivity contribution in [1.82, 2.24) is 42.5 Å². The number of nitrogens with one attached hydrogen (secondary N) is 8. The predicted octanol–water partition coefficient (Wildman–Crippen LogP) is -3.09. The Morgan fingerprint density at radius 1 is 0.507 bits per heavy atom. The van der Waals surface area contributed by atoms with Gasteiger partial charge in [0.25, 0.3) is 0 Å². The van der Waals surface area contributed by atoms with Gasteiger partial charge in [-0.05, 0) is 110 Å². The molecule has 24 heteroatoms. The zero-order chi connectivity index (χ0) is 52.2. The third-order valence-electron chi connectivity index (χ3n) is 10.9. The number of hydrogen-bond acceptors (Lipinski definition) is 15. The summed E-state index contributed by atoms with van der Waals surface area (Å²) in [5, 5.41) is 40.8. The van der Waals surface area contributed by atoms with Gasteiger partial charge in [0, 0.05) is 12.2 Å². The molecule has 0 aliphatic carbocycles. The van der Waals surface area contributed by atoms with Crippen LogP contribution in [0.25, 0.3) is 0 Å². The highest BCUT2D eigenvalue weighted by atomic mass is 32.1. The van der Waals surface area contributed by atoms with E-state index in [0.29, 0.717) is 57.2 Å². The number of unbranched alkanes of at least 4 members (excludes halogenated alkanes) is 3. The van der Waals surface area contributed by atoms with Gasteiger partial charge in [0.15, 0.2) is 0 Å². The van der Waals surface area contributed by atoms with E-state index < -0.39 is 120 Å². The molecule has 0 spiro atoms. The first-order valence-corrected chi connectivity index (χ1v) is 24.1. The van der Waals surface area contributed by atoms with E-state index in [-0.39, 0.29) is 38.0 Å². The van der Waals surface area contributed by atoms with Crippen molar-refractivity contribution in [3.8, 4) is 0 Å². The van der Waals surface area contributed by atoms with Crippen LogP contribution in [0.3, 0.4) is 0 Å². The summed E-state index contributed by atoms with van der Waals surface area (Å²) in [6.07, 6.45) is 1.30. The number of benzene rings is 1. The van der Waals surface area contributed by atoms with Crippen molar-refractivity contribution >= 4 is 65.9 Å². The first-order valence-electron chi connectivity index (χ1n) is 23.5. The Kier molecular flexibility index (Phi) is 29.6. The van der Waals surface area contributed by atoms with Crippen molar-refractivity contribution in [3.05, 3.63) is 35.9 Å². The van der Waals surface area contributed by atoms with Crippen molar-refractivity contribution in [3.63, 3.8) is 0 Å². The molecule has 1 aromatic carbocycles. The van der Waals surface area contributed by atoms with Gasteiger partial charge < -0.3 is 75.7 Å². The Balaban J connectivity index is 3.45. The zero-order valence-electron chi connectivity index (χ0n) is 40.5. The van der Waals surface area contributed by atoms with E-state index in [2.05, 4.69) is 55.2 Å². The normalized spacial score (nSPS) is 15.5. The summed E-state index contributed by atoms with van der Waals surface area (Å²) in [5.41, 5.74) is 23.3. The number of carboxylic acid groups (broad SMARTS) is 1. The van der Waals surface area contributed by atoms with Gasteiger partial charge in [0.1, 0.15) is 48.3 Å². The van der Waals surface area contributed by atoms with E-state index in [1.165, 1.54) is 20.8 Å². The molecular weight excluding hydrogens is 917 g/mol. The topological polar surface area (TPSA) is 394 Å². The first kappa shape index (κ1) is 61.6. The number of aliphatic hydroxyl groups is 1. The molecule has 0 aromatic heterocycles. The maximum atomic E-state index is 14.2.